The van der Waals surface area contributed by atoms with E-state index in [1.807, 2.05) is 0 Å². The van der Waals surface area contributed by atoms with E-state index in [-0.39, 0.29) is 28.4 Å². The Morgan fingerprint density at radius 3 is 1.77 bits per heavy atom. The largest absolute Gasteiger partial charge is 0.822 e. The molecular weight excluding hydrogens is 311 g/mol. The third kappa shape index (κ3) is 3.29. The van der Waals surface area contributed by atoms with Crippen LogP contribution in [0.1, 0.15) is 31.8 Å². The summed E-state index contributed by atoms with van der Waals surface area (Å²) in [4.78, 5) is 50.0. The molecule has 0 saturated heterocycles. The number of carbonyl (C=O) groups excluding carboxylic acids is 2. The molecule has 0 spiro atoms. The van der Waals surface area contributed by atoms with Crippen LogP contribution in [-0.4, -0.2) is 16.7 Å². The molecule has 0 bridgehead atoms. The van der Waals surface area contributed by atoms with Crippen molar-refractivity contribution in [1.82, 2.24) is 0 Å². The first kappa shape index (κ1) is 16.1. The van der Waals surface area contributed by atoms with Gasteiger partial charge in [-0.1, -0.05) is 36.4 Å². The fourth-order valence-corrected chi connectivity index (χ4v) is 2.13. The quantitative estimate of drug-likeness (QED) is 0.542. The number of carbonyl (C=O) groups is 2. The Labute approximate surface area is 124 Å². The maximum atomic E-state index is 12.2. The number of hydrogen-bond donors (Lipinski definition) is 1. The molecular formula is C14H8O7P-3. The second-order valence-corrected chi connectivity index (χ2v) is 5.25. The third-order valence-electron chi connectivity index (χ3n) is 2.93. The number of phenolic OH excluding ortho intramolecular Hbond substituents is 1. The first-order valence-corrected chi connectivity index (χ1v) is 7.39. The molecule has 0 saturated carbocycles. The Hall–Kier alpha value is -2.31. The SMILES string of the molecule is O=C1c2ccccc2C(=O)c2c(O)cccc21.O=P([O-])([O-])[O-]. The number of aromatic hydroxyl groups is 1. The molecule has 2 aromatic rings. The molecule has 0 aliphatic heterocycles. The van der Waals surface area contributed by atoms with Crippen molar-refractivity contribution < 1.29 is 33.9 Å². The van der Waals surface area contributed by atoms with Gasteiger partial charge in [0.15, 0.2) is 11.6 Å². The molecule has 7 nitrogen and oxygen atoms in total. The molecule has 1 aliphatic carbocycles. The average molecular weight is 319 g/mol. The molecule has 0 amide bonds. The lowest BCUT2D eigenvalue weighted by molar-refractivity contribution is -0.432. The smallest absolute Gasteiger partial charge is 0.198 e. The van der Waals surface area contributed by atoms with E-state index in [2.05, 4.69) is 0 Å². The highest BCUT2D eigenvalue weighted by atomic mass is 31.2. The third-order valence-corrected chi connectivity index (χ3v) is 2.93. The summed E-state index contributed by atoms with van der Waals surface area (Å²) >= 11 is 0. The Kier molecular flexibility index (Phi) is 4.25. The first-order chi connectivity index (χ1) is 10.2. The minimum atomic E-state index is -5.39. The van der Waals surface area contributed by atoms with Gasteiger partial charge in [-0.25, -0.2) is 0 Å². The molecule has 0 unspecified atom stereocenters. The molecule has 3 rings (SSSR count). The lowest BCUT2D eigenvalue weighted by Crippen LogP contribution is -2.24. The normalized spacial score (nSPS) is 12.9. The van der Waals surface area contributed by atoms with Crippen LogP contribution in [0.4, 0.5) is 0 Å². The molecule has 2 aromatic carbocycles. The van der Waals surface area contributed by atoms with Crippen LogP contribution in [0, 0.1) is 0 Å². The van der Waals surface area contributed by atoms with Crippen LogP contribution < -0.4 is 14.7 Å². The number of fused-ring (bicyclic) bond motifs is 2. The van der Waals surface area contributed by atoms with Gasteiger partial charge in [-0.2, -0.15) is 7.82 Å². The fourth-order valence-electron chi connectivity index (χ4n) is 2.13. The minimum Gasteiger partial charge on any atom is -0.822 e. The van der Waals surface area contributed by atoms with Crippen molar-refractivity contribution in [3.05, 3.63) is 64.7 Å². The number of phosphoric acid groups is 1. The second kappa shape index (κ2) is 5.82. The lowest BCUT2D eigenvalue weighted by atomic mass is 9.84. The van der Waals surface area contributed by atoms with E-state index in [1.165, 1.54) is 6.07 Å². The van der Waals surface area contributed by atoms with Gasteiger partial charge in [-0.3, -0.25) is 9.59 Å². The maximum Gasteiger partial charge on any atom is 0.198 e. The second-order valence-electron chi connectivity index (χ2n) is 4.35. The molecule has 1 aliphatic rings. The summed E-state index contributed by atoms with van der Waals surface area (Å²) in [6, 6.07) is 11.2. The van der Waals surface area contributed by atoms with Gasteiger partial charge in [-0.15, -0.1) is 0 Å². The van der Waals surface area contributed by atoms with Crippen LogP contribution in [0.25, 0.3) is 0 Å². The summed E-state index contributed by atoms with van der Waals surface area (Å²) in [5.41, 5.74) is 1.13. The van der Waals surface area contributed by atoms with Crippen molar-refractivity contribution in [2.75, 3.05) is 0 Å². The molecule has 114 valence electrons. The Bertz CT molecular complexity index is 798. The number of phenols is 1. The van der Waals surface area contributed by atoms with Crippen molar-refractivity contribution in [1.29, 1.82) is 0 Å². The Morgan fingerprint density at radius 2 is 1.23 bits per heavy atom. The van der Waals surface area contributed by atoms with Gasteiger partial charge in [0.05, 0.1) is 5.56 Å². The van der Waals surface area contributed by atoms with Crippen LogP contribution in [0.15, 0.2) is 42.5 Å². The minimum absolute atomic E-state index is 0.108. The predicted octanol–water partition coefficient (Wildman–Crippen LogP) is -0.657. The summed E-state index contributed by atoms with van der Waals surface area (Å²) in [6.45, 7) is 0. The molecule has 0 aromatic heterocycles. The summed E-state index contributed by atoms with van der Waals surface area (Å²) < 4.78 is 8.55. The van der Waals surface area contributed by atoms with E-state index in [4.69, 9.17) is 19.2 Å². The molecule has 0 heterocycles. The van der Waals surface area contributed by atoms with Gasteiger partial charge < -0.3 is 24.4 Å². The van der Waals surface area contributed by atoms with Gasteiger partial charge in [0.2, 0.25) is 0 Å². The summed E-state index contributed by atoms with van der Waals surface area (Å²) in [5.74, 6) is -0.658. The van der Waals surface area contributed by atoms with E-state index >= 15 is 0 Å². The van der Waals surface area contributed by atoms with Crippen molar-refractivity contribution in [2.45, 2.75) is 0 Å². The zero-order valence-electron chi connectivity index (χ0n) is 10.9. The molecule has 8 heteroatoms. The molecule has 1 N–H and O–H groups in total. The molecule has 0 fully saturated rings. The van der Waals surface area contributed by atoms with Crippen molar-refractivity contribution in [3.63, 3.8) is 0 Å². The maximum absolute atomic E-state index is 12.2. The first-order valence-electron chi connectivity index (χ1n) is 5.93. The lowest BCUT2D eigenvalue weighted by Gasteiger charge is -2.36. The van der Waals surface area contributed by atoms with Crippen LogP contribution >= 0.6 is 7.82 Å². The fraction of sp³-hybridized carbons (Fsp3) is 0. The number of rotatable bonds is 0. The van der Waals surface area contributed by atoms with Crippen LogP contribution in [0.5, 0.6) is 5.75 Å². The summed E-state index contributed by atoms with van der Waals surface area (Å²) in [5, 5.41) is 9.70. The number of benzene rings is 2. The van der Waals surface area contributed by atoms with Crippen molar-refractivity contribution in [2.24, 2.45) is 0 Å². The zero-order chi connectivity index (χ0) is 16.5. The van der Waals surface area contributed by atoms with Gasteiger partial charge in [-0.05, 0) is 6.07 Å². The monoisotopic (exact) mass is 319 g/mol. The van der Waals surface area contributed by atoms with Gasteiger partial charge >= 0.3 is 0 Å². The topological polar surface area (TPSA) is 141 Å². The summed E-state index contributed by atoms with van der Waals surface area (Å²) in [7, 11) is -5.39. The number of ketones is 2. The highest BCUT2D eigenvalue weighted by Crippen LogP contribution is 2.32. The summed E-state index contributed by atoms with van der Waals surface area (Å²) in [6.07, 6.45) is 0. The van der Waals surface area contributed by atoms with E-state index in [0.717, 1.165) is 0 Å². The zero-order valence-corrected chi connectivity index (χ0v) is 11.8. The number of hydrogen-bond acceptors (Lipinski definition) is 7. The Balaban J connectivity index is 0.000000309. The molecule has 0 radical (unpaired) electrons. The average Bonchev–Trinajstić information content (AvgIpc) is 2.43. The standard InChI is InChI=1S/C14H8O3.H3O4P/c15-11-7-3-6-10-12(11)14(17)9-5-2-1-4-8(9)13(10)16;1-5(2,3)4/h1-7,15H;(H3,1,2,3,4)/p-3. The predicted molar refractivity (Wildman–Crippen MR) is 69.0 cm³/mol. The van der Waals surface area contributed by atoms with E-state index < -0.39 is 7.82 Å². The van der Waals surface area contributed by atoms with Crippen LogP contribution in [0.2, 0.25) is 0 Å². The van der Waals surface area contributed by atoms with Crippen LogP contribution in [-0.2, 0) is 4.57 Å². The highest BCUT2D eigenvalue weighted by molar-refractivity contribution is 7.40. The van der Waals surface area contributed by atoms with Gasteiger partial charge in [0, 0.05) is 16.7 Å². The van der Waals surface area contributed by atoms with Crippen molar-refractivity contribution in [3.8, 4) is 5.75 Å². The molecule has 0 atom stereocenters. The van der Waals surface area contributed by atoms with E-state index in [1.54, 1.807) is 36.4 Å². The Morgan fingerprint density at radius 1 is 0.773 bits per heavy atom. The van der Waals surface area contributed by atoms with E-state index in [0.29, 0.717) is 11.1 Å². The van der Waals surface area contributed by atoms with Gasteiger partial charge in [0.25, 0.3) is 0 Å². The van der Waals surface area contributed by atoms with Gasteiger partial charge in [0.1, 0.15) is 5.75 Å². The highest BCUT2D eigenvalue weighted by Gasteiger charge is 2.31. The molecule has 22 heavy (non-hydrogen) atoms. The van der Waals surface area contributed by atoms with Crippen molar-refractivity contribution >= 4 is 19.4 Å². The van der Waals surface area contributed by atoms with Crippen LogP contribution in [0.3, 0.4) is 0 Å². The van der Waals surface area contributed by atoms with E-state index in [9.17, 15) is 14.7 Å².